The van der Waals surface area contributed by atoms with Crippen LogP contribution < -0.4 is 4.74 Å². The molecule has 0 unspecified atom stereocenters. The summed E-state index contributed by atoms with van der Waals surface area (Å²) in [4.78, 5) is 0. The molecule has 0 aliphatic rings. The van der Waals surface area contributed by atoms with E-state index in [1.54, 1.807) is 23.9 Å². The molecule has 4 rings (SSSR count). The normalized spacial score (nSPS) is 11.1. The van der Waals surface area contributed by atoms with Crippen LogP contribution in [0.2, 0.25) is 0 Å². The Kier molecular flexibility index (Phi) is 5.58. The number of benzene rings is 3. The Morgan fingerprint density at radius 2 is 1.75 bits per heavy atom. The van der Waals surface area contributed by atoms with Gasteiger partial charge in [-0.1, -0.05) is 54.2 Å². The molecule has 28 heavy (non-hydrogen) atoms. The number of halogens is 1. The number of nitrogens with zero attached hydrogens (tertiary/aromatic N) is 3. The molecule has 0 saturated carbocycles. The number of ether oxygens (including phenoxy) is 1. The van der Waals surface area contributed by atoms with Crippen molar-refractivity contribution >= 4 is 22.5 Å². The number of aromatic nitrogens is 3. The number of fused-ring (bicyclic) bond motifs is 1. The lowest BCUT2D eigenvalue weighted by atomic mass is 10.1. The zero-order valence-corrected chi connectivity index (χ0v) is 16.3. The maximum Gasteiger partial charge on any atom is 0.191 e. The Morgan fingerprint density at radius 1 is 0.964 bits per heavy atom. The summed E-state index contributed by atoms with van der Waals surface area (Å²) >= 11 is 1.67. The van der Waals surface area contributed by atoms with Crippen molar-refractivity contribution in [1.29, 1.82) is 0 Å². The Balaban J connectivity index is 1.47. The fourth-order valence-electron chi connectivity index (χ4n) is 3.09. The first kappa shape index (κ1) is 18.5. The van der Waals surface area contributed by atoms with Gasteiger partial charge in [-0.3, -0.25) is 0 Å². The molecule has 1 aromatic heterocycles. The minimum Gasteiger partial charge on any atom is -0.486 e. The summed E-state index contributed by atoms with van der Waals surface area (Å²) in [7, 11) is 0. The molecular weight excluding hydrogens is 373 g/mol. The van der Waals surface area contributed by atoms with E-state index in [1.807, 2.05) is 0 Å². The van der Waals surface area contributed by atoms with E-state index in [0.29, 0.717) is 12.4 Å². The van der Waals surface area contributed by atoms with Gasteiger partial charge in [0.2, 0.25) is 0 Å². The fourth-order valence-corrected chi connectivity index (χ4v) is 4.11. The van der Waals surface area contributed by atoms with Gasteiger partial charge in [-0.2, -0.15) is 0 Å². The largest absolute Gasteiger partial charge is 0.486 e. The van der Waals surface area contributed by atoms with E-state index in [9.17, 15) is 4.39 Å². The monoisotopic (exact) mass is 393 g/mol. The van der Waals surface area contributed by atoms with Crippen molar-refractivity contribution in [2.45, 2.75) is 31.0 Å². The van der Waals surface area contributed by atoms with Crippen LogP contribution >= 0.6 is 11.8 Å². The van der Waals surface area contributed by atoms with Gasteiger partial charge in [0.1, 0.15) is 18.2 Å². The lowest BCUT2D eigenvalue weighted by molar-refractivity contribution is 0.288. The maximum atomic E-state index is 13.0. The second-order valence-corrected chi connectivity index (χ2v) is 7.26. The molecular formula is C22H20FN3OS. The molecule has 0 bridgehead atoms. The number of thioether (sulfide) groups is 1. The lowest BCUT2D eigenvalue weighted by Gasteiger charge is -2.10. The van der Waals surface area contributed by atoms with E-state index in [4.69, 9.17) is 4.74 Å². The quantitative estimate of drug-likeness (QED) is 0.391. The smallest absolute Gasteiger partial charge is 0.191 e. The highest BCUT2D eigenvalue weighted by atomic mass is 32.2. The molecule has 0 aliphatic heterocycles. The fraction of sp³-hybridized carbons (Fsp3) is 0.182. The van der Waals surface area contributed by atoms with E-state index >= 15 is 0 Å². The number of rotatable bonds is 7. The third-order valence-corrected chi connectivity index (χ3v) is 5.54. The van der Waals surface area contributed by atoms with Gasteiger partial charge >= 0.3 is 0 Å². The molecule has 1 heterocycles. The van der Waals surface area contributed by atoms with Crippen molar-refractivity contribution in [3.8, 4) is 5.75 Å². The summed E-state index contributed by atoms with van der Waals surface area (Å²) in [6, 6.07) is 20.7. The topological polar surface area (TPSA) is 39.9 Å². The molecule has 0 atom stereocenters. The van der Waals surface area contributed by atoms with Crippen LogP contribution in [-0.2, 0) is 18.9 Å². The van der Waals surface area contributed by atoms with Crippen LogP contribution in [0.4, 0.5) is 4.39 Å². The standard InChI is InChI=1S/C22H20FN3OS/c1-2-26-21(14-27-19-12-10-18(23)11-13-19)24-25-22(26)28-15-17-8-5-7-16-6-3-4-9-20(16)17/h3-13H,2,14-15H2,1H3. The molecule has 0 N–H and O–H groups in total. The van der Waals surface area contributed by atoms with Crippen molar-refractivity contribution in [3.05, 3.63) is 83.9 Å². The number of hydrogen-bond acceptors (Lipinski definition) is 4. The summed E-state index contributed by atoms with van der Waals surface area (Å²) < 4.78 is 20.8. The highest BCUT2D eigenvalue weighted by Crippen LogP contribution is 2.27. The van der Waals surface area contributed by atoms with Crippen molar-refractivity contribution in [2.75, 3.05) is 0 Å². The van der Waals surface area contributed by atoms with E-state index in [-0.39, 0.29) is 5.82 Å². The Hall–Kier alpha value is -2.86. The molecule has 0 radical (unpaired) electrons. The molecule has 142 valence electrons. The van der Waals surface area contributed by atoms with Gasteiger partial charge in [0.25, 0.3) is 0 Å². The SMILES string of the molecule is CCn1c(COc2ccc(F)cc2)nnc1SCc1cccc2ccccc12. The van der Waals surface area contributed by atoms with Gasteiger partial charge < -0.3 is 9.30 Å². The second kappa shape index (κ2) is 8.44. The van der Waals surface area contributed by atoms with Crippen LogP contribution in [-0.4, -0.2) is 14.8 Å². The summed E-state index contributed by atoms with van der Waals surface area (Å²) in [5.74, 6) is 1.90. The van der Waals surface area contributed by atoms with Gasteiger partial charge in [0.05, 0.1) is 0 Å². The summed E-state index contributed by atoms with van der Waals surface area (Å²) in [5.41, 5.74) is 1.28. The van der Waals surface area contributed by atoms with Crippen molar-refractivity contribution in [3.63, 3.8) is 0 Å². The first-order chi connectivity index (χ1) is 13.7. The van der Waals surface area contributed by atoms with E-state index in [0.717, 1.165) is 23.3 Å². The molecule has 0 amide bonds. The molecule has 6 heteroatoms. The van der Waals surface area contributed by atoms with Crippen molar-refractivity contribution in [1.82, 2.24) is 14.8 Å². The summed E-state index contributed by atoms with van der Waals surface area (Å²) in [5, 5.41) is 12.0. The zero-order chi connectivity index (χ0) is 19.3. The van der Waals surface area contributed by atoms with Crippen LogP contribution in [0, 0.1) is 5.82 Å². The molecule has 3 aromatic carbocycles. The van der Waals surface area contributed by atoms with Gasteiger partial charge in [0.15, 0.2) is 11.0 Å². The molecule has 4 nitrogen and oxygen atoms in total. The van der Waals surface area contributed by atoms with Crippen LogP contribution in [0.1, 0.15) is 18.3 Å². The van der Waals surface area contributed by atoms with Crippen LogP contribution in [0.25, 0.3) is 10.8 Å². The highest BCUT2D eigenvalue weighted by Gasteiger charge is 2.13. The van der Waals surface area contributed by atoms with Crippen molar-refractivity contribution in [2.24, 2.45) is 0 Å². The van der Waals surface area contributed by atoms with Gasteiger partial charge in [-0.25, -0.2) is 4.39 Å². The Morgan fingerprint density at radius 3 is 2.57 bits per heavy atom. The Bertz CT molecular complexity index is 1070. The first-order valence-corrected chi connectivity index (χ1v) is 10.1. The predicted molar refractivity (Wildman–Crippen MR) is 110 cm³/mol. The van der Waals surface area contributed by atoms with Crippen LogP contribution in [0.3, 0.4) is 0 Å². The molecule has 0 fully saturated rings. The predicted octanol–water partition coefficient (Wildman–Crippen LogP) is 5.46. The zero-order valence-electron chi connectivity index (χ0n) is 15.5. The summed E-state index contributed by atoms with van der Waals surface area (Å²) in [6.45, 7) is 3.11. The lowest BCUT2D eigenvalue weighted by Crippen LogP contribution is -2.07. The average Bonchev–Trinajstić information content (AvgIpc) is 3.13. The minimum absolute atomic E-state index is 0.281. The number of hydrogen-bond donors (Lipinski definition) is 0. The maximum absolute atomic E-state index is 13.0. The Labute approximate surface area is 167 Å². The first-order valence-electron chi connectivity index (χ1n) is 9.14. The van der Waals surface area contributed by atoms with E-state index < -0.39 is 0 Å². The van der Waals surface area contributed by atoms with E-state index in [2.05, 4.69) is 64.2 Å². The van der Waals surface area contributed by atoms with E-state index in [1.165, 1.54) is 28.5 Å². The highest BCUT2D eigenvalue weighted by molar-refractivity contribution is 7.98. The van der Waals surface area contributed by atoms with Gasteiger partial charge in [-0.05, 0) is 47.5 Å². The molecule has 0 saturated heterocycles. The summed E-state index contributed by atoms with van der Waals surface area (Å²) in [6.07, 6.45) is 0. The molecule has 4 aromatic rings. The third-order valence-electron chi connectivity index (χ3n) is 4.53. The van der Waals surface area contributed by atoms with Crippen LogP contribution in [0.5, 0.6) is 5.75 Å². The van der Waals surface area contributed by atoms with Crippen LogP contribution in [0.15, 0.2) is 71.9 Å². The molecule has 0 spiro atoms. The molecule has 0 aliphatic carbocycles. The second-order valence-electron chi connectivity index (χ2n) is 6.31. The minimum atomic E-state index is -0.281. The van der Waals surface area contributed by atoms with Crippen molar-refractivity contribution < 1.29 is 9.13 Å². The average molecular weight is 393 g/mol. The van der Waals surface area contributed by atoms with Gasteiger partial charge in [0, 0.05) is 12.3 Å². The van der Waals surface area contributed by atoms with Gasteiger partial charge in [-0.15, -0.1) is 10.2 Å². The third kappa shape index (κ3) is 4.02.